The van der Waals surface area contributed by atoms with Crippen LogP contribution in [-0.4, -0.2) is 58.9 Å². The number of hydrogen-bond acceptors (Lipinski definition) is 3. The average molecular weight is 286 g/mol. The zero-order valence-corrected chi connectivity index (χ0v) is 9.90. The van der Waals surface area contributed by atoms with Crippen molar-refractivity contribution in [3.8, 4) is 0 Å². The highest BCUT2D eigenvalue weighted by atomic mass is 19.4. The Morgan fingerprint density at radius 3 is 2.16 bits per heavy atom. The number of rotatable bonds is 6. The van der Waals surface area contributed by atoms with Crippen molar-refractivity contribution >= 4 is 18.0 Å². The molecule has 2 amide bonds. The molecular weight excluding hydrogens is 273 g/mol. The van der Waals surface area contributed by atoms with E-state index in [-0.39, 0.29) is 4.90 Å². The predicted octanol–water partition coefficient (Wildman–Crippen LogP) is 0.508. The summed E-state index contributed by atoms with van der Waals surface area (Å²) in [6.07, 6.45) is -5.55. The van der Waals surface area contributed by atoms with Gasteiger partial charge in [-0.2, -0.15) is 13.2 Å². The van der Waals surface area contributed by atoms with Gasteiger partial charge in [-0.15, -0.1) is 0 Å². The predicted molar refractivity (Wildman–Crippen MR) is 55.5 cm³/mol. The highest BCUT2D eigenvalue weighted by molar-refractivity contribution is 5.83. The van der Waals surface area contributed by atoms with Crippen molar-refractivity contribution in [2.24, 2.45) is 0 Å². The number of carbonyl (C=O) groups excluding carboxylic acids is 1. The van der Waals surface area contributed by atoms with Gasteiger partial charge in [-0.05, 0) is 6.42 Å². The van der Waals surface area contributed by atoms with E-state index in [1.54, 1.807) is 0 Å². The molecule has 110 valence electrons. The number of nitrogens with zero attached hydrogens (tertiary/aromatic N) is 1. The largest absolute Gasteiger partial charge is 0.481 e. The number of alkyl halides is 3. The third kappa shape index (κ3) is 7.84. The molecule has 0 rings (SSSR count). The summed E-state index contributed by atoms with van der Waals surface area (Å²) in [7, 11) is 0.846. The van der Waals surface area contributed by atoms with Crippen LogP contribution in [-0.2, 0) is 9.59 Å². The molecule has 0 spiro atoms. The van der Waals surface area contributed by atoms with Gasteiger partial charge in [-0.25, -0.2) is 9.59 Å². The second kappa shape index (κ2) is 6.81. The van der Waals surface area contributed by atoms with Gasteiger partial charge in [-0.3, -0.25) is 4.79 Å². The minimum atomic E-state index is -4.61. The third-order valence-electron chi connectivity index (χ3n) is 2.01. The van der Waals surface area contributed by atoms with Gasteiger partial charge >= 0.3 is 24.1 Å². The minimum absolute atomic E-state index is 0.261. The van der Waals surface area contributed by atoms with E-state index in [1.165, 1.54) is 0 Å². The van der Waals surface area contributed by atoms with Gasteiger partial charge in [0.25, 0.3) is 0 Å². The number of hydrogen-bond donors (Lipinski definition) is 3. The van der Waals surface area contributed by atoms with E-state index in [9.17, 15) is 27.6 Å². The molecule has 0 fully saturated rings. The van der Waals surface area contributed by atoms with Crippen LogP contribution in [0.25, 0.3) is 0 Å². The van der Waals surface area contributed by atoms with E-state index in [1.807, 2.05) is 5.32 Å². The first-order chi connectivity index (χ1) is 8.53. The Morgan fingerprint density at radius 2 is 1.79 bits per heavy atom. The van der Waals surface area contributed by atoms with Crippen LogP contribution in [0, 0.1) is 0 Å². The Morgan fingerprint density at radius 1 is 1.26 bits per heavy atom. The molecule has 1 atom stereocenters. The van der Waals surface area contributed by atoms with Crippen molar-refractivity contribution in [3.63, 3.8) is 0 Å². The van der Waals surface area contributed by atoms with E-state index >= 15 is 0 Å². The zero-order valence-electron chi connectivity index (χ0n) is 9.90. The summed E-state index contributed by atoms with van der Waals surface area (Å²) in [6, 6.07) is -2.80. The molecule has 0 aromatic rings. The summed E-state index contributed by atoms with van der Waals surface area (Å²) in [6.45, 7) is -1.54. The average Bonchev–Trinajstić information content (AvgIpc) is 2.20. The van der Waals surface area contributed by atoms with Crippen LogP contribution in [0.15, 0.2) is 0 Å². The molecule has 0 bridgehead atoms. The summed E-state index contributed by atoms with van der Waals surface area (Å²) in [5.41, 5.74) is 0. The lowest BCUT2D eigenvalue weighted by Gasteiger charge is -2.22. The van der Waals surface area contributed by atoms with Gasteiger partial charge in [0.15, 0.2) is 0 Å². The van der Waals surface area contributed by atoms with Gasteiger partial charge in [0, 0.05) is 13.5 Å². The molecule has 10 heteroatoms. The zero-order chi connectivity index (χ0) is 15.2. The summed E-state index contributed by atoms with van der Waals surface area (Å²) in [5, 5.41) is 18.9. The van der Waals surface area contributed by atoms with E-state index in [2.05, 4.69) is 0 Å². The van der Waals surface area contributed by atoms with E-state index in [0.29, 0.717) is 0 Å². The lowest BCUT2D eigenvalue weighted by atomic mass is 10.1. The van der Waals surface area contributed by atoms with Crippen molar-refractivity contribution in [2.45, 2.75) is 25.1 Å². The third-order valence-corrected chi connectivity index (χ3v) is 2.01. The lowest BCUT2D eigenvalue weighted by molar-refractivity contribution is -0.140. The van der Waals surface area contributed by atoms with Crippen LogP contribution >= 0.6 is 0 Å². The number of aliphatic carboxylic acids is 2. The molecule has 7 nitrogen and oxygen atoms in total. The highest BCUT2D eigenvalue weighted by Gasteiger charge is 2.32. The Kier molecular flexibility index (Phi) is 6.09. The number of amides is 2. The number of halogens is 3. The van der Waals surface area contributed by atoms with Gasteiger partial charge in [0.2, 0.25) is 0 Å². The highest BCUT2D eigenvalue weighted by Crippen LogP contribution is 2.15. The first kappa shape index (κ1) is 17.0. The molecule has 0 aliphatic rings. The molecule has 0 saturated carbocycles. The number of carboxylic acids is 2. The molecule has 0 radical (unpaired) electrons. The topological polar surface area (TPSA) is 107 Å². The van der Waals surface area contributed by atoms with Crippen molar-refractivity contribution in [3.05, 3.63) is 0 Å². The number of carboxylic acid groups (broad SMARTS) is 2. The Balaban J connectivity index is 4.46. The van der Waals surface area contributed by atoms with Gasteiger partial charge < -0.3 is 20.4 Å². The van der Waals surface area contributed by atoms with E-state index in [4.69, 9.17) is 10.2 Å². The minimum Gasteiger partial charge on any atom is -0.481 e. The lowest BCUT2D eigenvalue weighted by Crippen LogP contribution is -2.49. The SMILES string of the molecule is CN(CC(F)(F)F)C(=O)NC(CCC(=O)O)C(=O)O. The monoisotopic (exact) mass is 286 g/mol. The molecular formula is C9H13F3N2O5. The fourth-order valence-corrected chi connectivity index (χ4v) is 1.13. The Labute approximate surface area is 106 Å². The van der Waals surface area contributed by atoms with Crippen LogP contribution in [0.5, 0.6) is 0 Å². The summed E-state index contributed by atoms with van der Waals surface area (Å²) in [4.78, 5) is 32.5. The Hall–Kier alpha value is -2.00. The van der Waals surface area contributed by atoms with E-state index in [0.717, 1.165) is 7.05 Å². The molecule has 19 heavy (non-hydrogen) atoms. The smallest absolute Gasteiger partial charge is 0.406 e. The van der Waals surface area contributed by atoms with Crippen LogP contribution in [0.4, 0.5) is 18.0 Å². The maximum atomic E-state index is 12.0. The van der Waals surface area contributed by atoms with Gasteiger partial charge in [0.1, 0.15) is 12.6 Å². The molecule has 0 heterocycles. The van der Waals surface area contributed by atoms with Crippen molar-refractivity contribution in [1.82, 2.24) is 10.2 Å². The number of nitrogens with one attached hydrogen (secondary N) is 1. The number of carbonyl (C=O) groups is 3. The maximum absolute atomic E-state index is 12.0. The van der Waals surface area contributed by atoms with Crippen molar-refractivity contribution < 1.29 is 37.8 Å². The van der Waals surface area contributed by atoms with Gasteiger partial charge in [0.05, 0.1) is 0 Å². The molecule has 0 saturated heterocycles. The van der Waals surface area contributed by atoms with Crippen LogP contribution < -0.4 is 5.32 Å². The van der Waals surface area contributed by atoms with E-state index < -0.39 is 49.6 Å². The van der Waals surface area contributed by atoms with Crippen molar-refractivity contribution in [1.29, 1.82) is 0 Å². The standard InChI is InChI=1S/C9H13F3N2O5/c1-14(4-9(10,11)12)8(19)13-5(7(17)18)2-3-6(15)16/h5H,2-4H2,1H3,(H,13,19)(H,15,16)(H,17,18). The first-order valence-corrected chi connectivity index (χ1v) is 5.06. The fourth-order valence-electron chi connectivity index (χ4n) is 1.13. The normalized spacial score (nSPS) is 12.6. The molecule has 1 unspecified atom stereocenters. The molecule has 0 aliphatic heterocycles. The quantitative estimate of drug-likeness (QED) is 0.659. The fraction of sp³-hybridized carbons (Fsp3) is 0.667. The molecule has 0 aromatic carbocycles. The Bertz CT molecular complexity index is 358. The summed E-state index contributed by atoms with van der Waals surface area (Å²) < 4.78 is 36.0. The van der Waals surface area contributed by atoms with Crippen LogP contribution in [0.3, 0.4) is 0 Å². The summed E-state index contributed by atoms with van der Waals surface area (Å²) >= 11 is 0. The van der Waals surface area contributed by atoms with Crippen LogP contribution in [0.1, 0.15) is 12.8 Å². The van der Waals surface area contributed by atoms with Gasteiger partial charge in [-0.1, -0.05) is 0 Å². The second-order valence-corrected chi connectivity index (χ2v) is 3.74. The second-order valence-electron chi connectivity index (χ2n) is 3.74. The van der Waals surface area contributed by atoms with Crippen molar-refractivity contribution in [2.75, 3.05) is 13.6 Å². The first-order valence-electron chi connectivity index (χ1n) is 5.06. The molecule has 0 aliphatic carbocycles. The summed E-state index contributed by atoms with van der Waals surface area (Å²) in [5.74, 6) is -2.79. The maximum Gasteiger partial charge on any atom is 0.406 e. The molecule has 3 N–H and O–H groups in total. The van der Waals surface area contributed by atoms with Crippen LogP contribution in [0.2, 0.25) is 0 Å². The number of urea groups is 1. The molecule has 0 aromatic heterocycles.